The molecule has 2 aliphatic heterocycles. The third-order valence-corrected chi connectivity index (χ3v) is 5.56. The fraction of sp³-hybridized carbons (Fsp3) is 0.474. The van der Waals surface area contributed by atoms with Crippen molar-refractivity contribution in [2.24, 2.45) is 0 Å². The molecule has 0 radical (unpaired) electrons. The van der Waals surface area contributed by atoms with Gasteiger partial charge in [0.1, 0.15) is 0 Å². The van der Waals surface area contributed by atoms with E-state index in [9.17, 15) is 18.0 Å². The van der Waals surface area contributed by atoms with Crippen LogP contribution >= 0.6 is 0 Å². The van der Waals surface area contributed by atoms with E-state index in [2.05, 4.69) is 10.4 Å². The van der Waals surface area contributed by atoms with E-state index < -0.39 is 11.7 Å². The summed E-state index contributed by atoms with van der Waals surface area (Å²) in [7, 11) is 1.78. The van der Waals surface area contributed by atoms with Crippen LogP contribution in [0.25, 0.3) is 5.69 Å². The molecule has 27 heavy (non-hydrogen) atoms. The van der Waals surface area contributed by atoms with Gasteiger partial charge in [0, 0.05) is 31.4 Å². The number of hydrogen-bond acceptors (Lipinski definition) is 3. The van der Waals surface area contributed by atoms with Crippen LogP contribution in [0, 0.1) is 0 Å². The van der Waals surface area contributed by atoms with E-state index >= 15 is 0 Å². The zero-order chi connectivity index (χ0) is 19.2. The quantitative estimate of drug-likeness (QED) is 0.892. The Morgan fingerprint density at radius 1 is 1.22 bits per heavy atom. The van der Waals surface area contributed by atoms with Crippen LogP contribution in [-0.4, -0.2) is 45.8 Å². The number of hydrogen-bond donors (Lipinski definition) is 1. The maximum absolute atomic E-state index is 12.9. The van der Waals surface area contributed by atoms with Crippen LogP contribution < -0.4 is 5.32 Å². The van der Waals surface area contributed by atoms with Gasteiger partial charge >= 0.3 is 6.18 Å². The minimum atomic E-state index is -4.42. The van der Waals surface area contributed by atoms with Crippen molar-refractivity contribution in [2.45, 2.75) is 50.0 Å². The first-order valence-corrected chi connectivity index (χ1v) is 9.08. The Labute approximate surface area is 155 Å². The summed E-state index contributed by atoms with van der Waals surface area (Å²) >= 11 is 0. The maximum Gasteiger partial charge on any atom is 0.416 e. The Balaban J connectivity index is 1.51. The molecule has 2 atom stereocenters. The van der Waals surface area contributed by atoms with E-state index in [4.69, 9.17) is 0 Å². The van der Waals surface area contributed by atoms with Crippen LogP contribution in [0.5, 0.6) is 0 Å². The molecule has 0 saturated carbocycles. The first kappa shape index (κ1) is 18.0. The molecule has 2 unspecified atom stereocenters. The molecule has 1 amide bonds. The number of rotatable bonds is 3. The zero-order valence-corrected chi connectivity index (χ0v) is 14.9. The van der Waals surface area contributed by atoms with E-state index in [1.807, 2.05) is 0 Å². The van der Waals surface area contributed by atoms with Crippen molar-refractivity contribution < 1.29 is 18.0 Å². The summed E-state index contributed by atoms with van der Waals surface area (Å²) in [6, 6.07) is 7.54. The highest BCUT2D eigenvalue weighted by Crippen LogP contribution is 2.31. The van der Waals surface area contributed by atoms with Gasteiger partial charge in [0.05, 0.1) is 11.3 Å². The second-order valence-corrected chi connectivity index (χ2v) is 7.37. The lowest BCUT2D eigenvalue weighted by atomic mass is 9.98. The largest absolute Gasteiger partial charge is 0.416 e. The Morgan fingerprint density at radius 3 is 2.59 bits per heavy atom. The third-order valence-electron chi connectivity index (χ3n) is 5.56. The lowest BCUT2D eigenvalue weighted by molar-refractivity contribution is -0.137. The van der Waals surface area contributed by atoms with Gasteiger partial charge in [-0.3, -0.25) is 4.79 Å². The molecular formula is C19H21F3N4O. The van der Waals surface area contributed by atoms with E-state index in [1.165, 1.54) is 23.0 Å². The lowest BCUT2D eigenvalue weighted by Crippen LogP contribution is -2.48. The van der Waals surface area contributed by atoms with Gasteiger partial charge in [-0.1, -0.05) is 6.07 Å². The minimum Gasteiger partial charge on any atom is -0.337 e. The molecule has 0 aliphatic carbocycles. The number of fused-ring (bicyclic) bond motifs is 2. The molecule has 0 spiro atoms. The number of halogens is 3. The Bertz CT molecular complexity index is 835. The van der Waals surface area contributed by atoms with E-state index in [-0.39, 0.29) is 23.3 Å². The molecule has 4 rings (SSSR count). The molecule has 2 saturated heterocycles. The second kappa shape index (κ2) is 6.67. The Kier molecular flexibility index (Phi) is 4.46. The maximum atomic E-state index is 12.9. The fourth-order valence-corrected chi connectivity index (χ4v) is 4.10. The van der Waals surface area contributed by atoms with E-state index in [0.717, 1.165) is 37.8 Å². The first-order chi connectivity index (χ1) is 12.8. The topological polar surface area (TPSA) is 50.2 Å². The van der Waals surface area contributed by atoms with Gasteiger partial charge in [-0.05, 0) is 49.9 Å². The predicted octanol–water partition coefficient (Wildman–Crippen LogP) is 3.25. The molecule has 2 fully saturated rings. The Morgan fingerprint density at radius 2 is 1.93 bits per heavy atom. The second-order valence-electron chi connectivity index (χ2n) is 7.37. The molecule has 1 aromatic carbocycles. The number of piperidine rings is 1. The van der Waals surface area contributed by atoms with Crippen molar-refractivity contribution in [2.75, 3.05) is 7.05 Å². The van der Waals surface area contributed by atoms with Crippen LogP contribution in [0.1, 0.15) is 41.7 Å². The normalized spacial score (nSPS) is 24.8. The number of nitrogens with one attached hydrogen (secondary N) is 1. The van der Waals surface area contributed by atoms with Crippen molar-refractivity contribution in [3.8, 4) is 5.69 Å². The van der Waals surface area contributed by atoms with Crippen LogP contribution in [-0.2, 0) is 6.18 Å². The van der Waals surface area contributed by atoms with Gasteiger partial charge in [-0.15, -0.1) is 0 Å². The summed E-state index contributed by atoms with van der Waals surface area (Å²) in [5, 5.41) is 7.76. The van der Waals surface area contributed by atoms with Crippen molar-refractivity contribution in [1.29, 1.82) is 0 Å². The summed E-state index contributed by atoms with van der Waals surface area (Å²) in [5.41, 5.74) is -0.238. The smallest absolute Gasteiger partial charge is 0.337 e. The number of alkyl halides is 3. The van der Waals surface area contributed by atoms with Crippen molar-refractivity contribution in [3.05, 3.63) is 47.8 Å². The SMILES string of the molecule is CN(C(=O)c1ccn(-c2cccc(C(F)(F)F)c2)n1)C1CC2CCC(C1)N2. The highest BCUT2D eigenvalue weighted by atomic mass is 19.4. The summed E-state index contributed by atoms with van der Waals surface area (Å²) in [6.07, 6.45) is 1.24. The van der Waals surface area contributed by atoms with Crippen LogP contribution in [0.15, 0.2) is 36.5 Å². The number of nitrogens with zero attached hydrogens (tertiary/aromatic N) is 3. The summed E-state index contributed by atoms with van der Waals surface area (Å²) in [5.74, 6) is -0.202. The lowest BCUT2D eigenvalue weighted by Gasteiger charge is -2.35. The van der Waals surface area contributed by atoms with Crippen molar-refractivity contribution in [3.63, 3.8) is 0 Å². The number of carbonyl (C=O) groups is 1. The summed E-state index contributed by atoms with van der Waals surface area (Å²) in [6.45, 7) is 0. The van der Waals surface area contributed by atoms with Gasteiger partial charge < -0.3 is 10.2 Å². The number of amides is 1. The molecule has 1 N–H and O–H groups in total. The molecule has 3 heterocycles. The van der Waals surface area contributed by atoms with Gasteiger partial charge in [-0.25, -0.2) is 4.68 Å². The van der Waals surface area contributed by atoms with Crippen LogP contribution in [0.4, 0.5) is 13.2 Å². The average Bonchev–Trinajstić information content (AvgIpc) is 3.26. The average molecular weight is 378 g/mol. The molecule has 144 valence electrons. The number of carbonyl (C=O) groups excluding carboxylic acids is 1. The standard InChI is InChI=1S/C19H21F3N4O/c1-25(16-10-13-5-6-14(11-16)23-13)18(27)17-7-8-26(24-17)15-4-2-3-12(9-15)19(20,21)22/h2-4,7-9,13-14,16,23H,5-6,10-11H2,1H3. The van der Waals surface area contributed by atoms with Gasteiger partial charge in [0.2, 0.25) is 0 Å². The monoisotopic (exact) mass is 378 g/mol. The Hall–Kier alpha value is -2.35. The van der Waals surface area contributed by atoms with Crippen LogP contribution in [0.2, 0.25) is 0 Å². The number of benzene rings is 1. The van der Waals surface area contributed by atoms with Crippen molar-refractivity contribution in [1.82, 2.24) is 20.0 Å². The zero-order valence-electron chi connectivity index (χ0n) is 14.9. The highest BCUT2D eigenvalue weighted by Gasteiger charge is 2.37. The van der Waals surface area contributed by atoms with Crippen LogP contribution in [0.3, 0.4) is 0 Å². The molecule has 2 aliphatic rings. The molecule has 5 nitrogen and oxygen atoms in total. The fourth-order valence-electron chi connectivity index (χ4n) is 4.10. The predicted molar refractivity (Wildman–Crippen MR) is 93.6 cm³/mol. The molecule has 2 aromatic rings. The van der Waals surface area contributed by atoms with Gasteiger partial charge in [0.15, 0.2) is 5.69 Å². The summed E-state index contributed by atoms with van der Waals surface area (Å²) < 4.78 is 40.0. The molecular weight excluding hydrogens is 357 g/mol. The summed E-state index contributed by atoms with van der Waals surface area (Å²) in [4.78, 5) is 14.5. The van der Waals surface area contributed by atoms with E-state index in [0.29, 0.717) is 12.1 Å². The van der Waals surface area contributed by atoms with E-state index in [1.54, 1.807) is 18.0 Å². The van der Waals surface area contributed by atoms with Crippen molar-refractivity contribution >= 4 is 5.91 Å². The van der Waals surface area contributed by atoms with Gasteiger partial charge in [-0.2, -0.15) is 18.3 Å². The minimum absolute atomic E-state index is 0.162. The highest BCUT2D eigenvalue weighted by molar-refractivity contribution is 5.92. The van der Waals surface area contributed by atoms with Gasteiger partial charge in [0.25, 0.3) is 5.91 Å². The molecule has 2 bridgehead atoms. The molecule has 8 heteroatoms. The third kappa shape index (κ3) is 3.58. The first-order valence-electron chi connectivity index (χ1n) is 9.08. The molecule has 1 aromatic heterocycles. The number of aromatic nitrogens is 2.